The van der Waals surface area contributed by atoms with Crippen LogP contribution < -0.4 is 10.1 Å². The molecule has 0 bridgehead atoms. The molecule has 1 fully saturated rings. The van der Waals surface area contributed by atoms with Crippen LogP contribution in [0.4, 0.5) is 0 Å². The molecular formula is C11H15NO. The molecule has 2 rings (SSSR count). The number of ether oxygens (including phenoxy) is 1. The van der Waals surface area contributed by atoms with E-state index < -0.39 is 0 Å². The number of hydrogen-bond acceptors (Lipinski definition) is 2. The van der Waals surface area contributed by atoms with Crippen molar-refractivity contribution in [2.75, 3.05) is 13.7 Å². The van der Waals surface area contributed by atoms with Gasteiger partial charge in [-0.3, -0.25) is 0 Å². The number of benzene rings is 1. The van der Waals surface area contributed by atoms with Crippen molar-refractivity contribution in [3.05, 3.63) is 29.3 Å². The van der Waals surface area contributed by atoms with Gasteiger partial charge in [-0.1, -0.05) is 12.1 Å². The molecule has 1 N–H and O–H groups in total. The first-order chi connectivity index (χ1) is 6.31. The van der Waals surface area contributed by atoms with Gasteiger partial charge in [0.05, 0.1) is 7.11 Å². The van der Waals surface area contributed by atoms with Crippen LogP contribution in [0.1, 0.15) is 23.6 Å². The molecule has 0 amide bonds. The number of rotatable bonds is 2. The molecule has 1 unspecified atom stereocenters. The van der Waals surface area contributed by atoms with E-state index in [-0.39, 0.29) is 0 Å². The summed E-state index contributed by atoms with van der Waals surface area (Å²) in [6.07, 6.45) is 1.26. The zero-order valence-corrected chi connectivity index (χ0v) is 8.13. The fourth-order valence-electron chi connectivity index (χ4n) is 1.69. The van der Waals surface area contributed by atoms with E-state index in [0.29, 0.717) is 6.04 Å². The van der Waals surface area contributed by atoms with Crippen LogP contribution in [0.2, 0.25) is 0 Å². The van der Waals surface area contributed by atoms with Crippen LogP contribution in [-0.4, -0.2) is 13.7 Å². The molecule has 1 aliphatic rings. The Morgan fingerprint density at radius 2 is 2.23 bits per heavy atom. The Bertz CT molecular complexity index is 305. The van der Waals surface area contributed by atoms with E-state index >= 15 is 0 Å². The minimum atomic E-state index is 0.574. The van der Waals surface area contributed by atoms with Crippen LogP contribution in [0.25, 0.3) is 0 Å². The van der Waals surface area contributed by atoms with Crippen LogP contribution in [0, 0.1) is 6.92 Å². The molecule has 1 aromatic carbocycles. The normalized spacial score (nSPS) is 20.9. The van der Waals surface area contributed by atoms with E-state index in [9.17, 15) is 0 Å². The highest BCUT2D eigenvalue weighted by atomic mass is 16.5. The van der Waals surface area contributed by atoms with E-state index in [1.807, 2.05) is 6.07 Å². The van der Waals surface area contributed by atoms with Crippen molar-refractivity contribution in [2.45, 2.75) is 19.4 Å². The highest BCUT2D eigenvalue weighted by Gasteiger charge is 2.18. The third kappa shape index (κ3) is 1.54. The Morgan fingerprint density at radius 1 is 1.46 bits per heavy atom. The molecule has 2 nitrogen and oxygen atoms in total. The van der Waals surface area contributed by atoms with Crippen molar-refractivity contribution in [1.82, 2.24) is 5.32 Å². The number of methoxy groups -OCH3 is 1. The summed E-state index contributed by atoms with van der Waals surface area (Å²) in [6, 6.07) is 6.97. The van der Waals surface area contributed by atoms with Gasteiger partial charge in [0.25, 0.3) is 0 Å². The Kier molecular flexibility index (Phi) is 2.23. The van der Waals surface area contributed by atoms with Crippen molar-refractivity contribution in [2.24, 2.45) is 0 Å². The predicted octanol–water partition coefficient (Wildman–Crippen LogP) is 2.04. The van der Waals surface area contributed by atoms with E-state index in [2.05, 4.69) is 24.4 Å². The van der Waals surface area contributed by atoms with Crippen molar-refractivity contribution in [3.8, 4) is 5.75 Å². The van der Waals surface area contributed by atoms with Gasteiger partial charge in [0, 0.05) is 6.04 Å². The molecule has 1 aromatic rings. The fraction of sp³-hybridized carbons (Fsp3) is 0.455. The Hall–Kier alpha value is -1.02. The van der Waals surface area contributed by atoms with Gasteiger partial charge in [0.2, 0.25) is 0 Å². The third-order valence-electron chi connectivity index (χ3n) is 2.65. The van der Waals surface area contributed by atoms with Crippen molar-refractivity contribution >= 4 is 0 Å². The second kappa shape index (κ2) is 3.38. The number of hydrogen-bond donors (Lipinski definition) is 1. The van der Waals surface area contributed by atoms with Crippen LogP contribution in [0.15, 0.2) is 18.2 Å². The molecule has 70 valence electrons. The molecule has 1 aliphatic heterocycles. The quantitative estimate of drug-likeness (QED) is 0.746. The van der Waals surface area contributed by atoms with Crippen LogP contribution in [0.5, 0.6) is 5.75 Å². The Balaban J connectivity index is 2.24. The molecule has 0 saturated carbocycles. The maximum Gasteiger partial charge on any atom is 0.121 e. The predicted molar refractivity (Wildman–Crippen MR) is 53.1 cm³/mol. The van der Waals surface area contributed by atoms with Gasteiger partial charge >= 0.3 is 0 Å². The average Bonchev–Trinajstić information content (AvgIpc) is 2.01. The summed E-state index contributed by atoms with van der Waals surface area (Å²) in [5, 5.41) is 3.39. The van der Waals surface area contributed by atoms with E-state index in [0.717, 1.165) is 12.3 Å². The maximum atomic E-state index is 5.21. The van der Waals surface area contributed by atoms with Crippen molar-refractivity contribution in [1.29, 1.82) is 0 Å². The maximum absolute atomic E-state index is 5.21. The lowest BCUT2D eigenvalue weighted by atomic mass is 9.96. The number of nitrogens with one attached hydrogen (secondary N) is 1. The first-order valence-electron chi connectivity index (χ1n) is 4.69. The summed E-state index contributed by atoms with van der Waals surface area (Å²) in [5.41, 5.74) is 2.60. The average molecular weight is 177 g/mol. The molecule has 2 heteroatoms. The minimum absolute atomic E-state index is 0.574. The van der Waals surface area contributed by atoms with Gasteiger partial charge in [-0.25, -0.2) is 0 Å². The van der Waals surface area contributed by atoms with Gasteiger partial charge in [-0.15, -0.1) is 0 Å². The molecule has 0 aromatic heterocycles. The Labute approximate surface area is 78.9 Å². The van der Waals surface area contributed by atoms with Crippen molar-refractivity contribution < 1.29 is 4.74 Å². The van der Waals surface area contributed by atoms with E-state index in [1.54, 1.807) is 7.11 Å². The monoisotopic (exact) mass is 177 g/mol. The standard InChI is InChI=1S/C11H15NO/c1-8-7-9(10-5-6-12-10)3-4-11(8)13-2/h3-4,7,10,12H,5-6H2,1-2H3. The van der Waals surface area contributed by atoms with Crippen LogP contribution in [-0.2, 0) is 0 Å². The highest BCUT2D eigenvalue weighted by Crippen LogP contribution is 2.27. The summed E-state index contributed by atoms with van der Waals surface area (Å²) in [4.78, 5) is 0. The first kappa shape index (κ1) is 8.57. The lowest BCUT2D eigenvalue weighted by Crippen LogP contribution is -2.34. The first-order valence-corrected chi connectivity index (χ1v) is 4.69. The lowest BCUT2D eigenvalue weighted by molar-refractivity contribution is 0.381. The largest absolute Gasteiger partial charge is 0.496 e. The number of aryl methyl sites for hydroxylation is 1. The minimum Gasteiger partial charge on any atom is -0.496 e. The van der Waals surface area contributed by atoms with E-state index in [4.69, 9.17) is 4.74 Å². The van der Waals surface area contributed by atoms with Gasteiger partial charge in [0.15, 0.2) is 0 Å². The molecule has 1 heterocycles. The molecule has 13 heavy (non-hydrogen) atoms. The van der Waals surface area contributed by atoms with Crippen LogP contribution in [0.3, 0.4) is 0 Å². The fourth-order valence-corrected chi connectivity index (χ4v) is 1.69. The molecule has 1 atom stereocenters. The summed E-state index contributed by atoms with van der Waals surface area (Å²) < 4.78 is 5.21. The van der Waals surface area contributed by atoms with Gasteiger partial charge in [-0.05, 0) is 37.1 Å². The molecule has 1 saturated heterocycles. The SMILES string of the molecule is COc1ccc(C2CCN2)cc1C. The smallest absolute Gasteiger partial charge is 0.121 e. The summed E-state index contributed by atoms with van der Waals surface area (Å²) >= 11 is 0. The molecular weight excluding hydrogens is 162 g/mol. The molecule has 0 aliphatic carbocycles. The summed E-state index contributed by atoms with van der Waals surface area (Å²) in [7, 11) is 1.71. The second-order valence-corrected chi connectivity index (χ2v) is 3.52. The zero-order valence-electron chi connectivity index (χ0n) is 8.13. The van der Waals surface area contributed by atoms with Gasteiger partial charge < -0.3 is 10.1 Å². The van der Waals surface area contributed by atoms with Crippen molar-refractivity contribution in [3.63, 3.8) is 0 Å². The van der Waals surface area contributed by atoms with Gasteiger partial charge in [0.1, 0.15) is 5.75 Å². The third-order valence-corrected chi connectivity index (χ3v) is 2.65. The van der Waals surface area contributed by atoms with Crippen LogP contribution >= 0.6 is 0 Å². The lowest BCUT2D eigenvalue weighted by Gasteiger charge is -2.28. The topological polar surface area (TPSA) is 21.3 Å². The Morgan fingerprint density at radius 3 is 2.69 bits per heavy atom. The summed E-state index contributed by atoms with van der Waals surface area (Å²) in [6.45, 7) is 3.23. The molecule has 0 spiro atoms. The highest BCUT2D eigenvalue weighted by molar-refractivity contribution is 5.37. The summed E-state index contributed by atoms with van der Waals surface area (Å²) in [5.74, 6) is 0.975. The zero-order chi connectivity index (χ0) is 9.26. The second-order valence-electron chi connectivity index (χ2n) is 3.52. The van der Waals surface area contributed by atoms with E-state index in [1.165, 1.54) is 17.5 Å². The van der Waals surface area contributed by atoms with Gasteiger partial charge in [-0.2, -0.15) is 0 Å². The molecule has 0 radical (unpaired) electrons.